The predicted molar refractivity (Wildman–Crippen MR) is 109 cm³/mol. The van der Waals surface area contributed by atoms with E-state index in [2.05, 4.69) is 27.6 Å². The number of methoxy groups -OCH3 is 1. The number of fused-ring (bicyclic) bond motifs is 1. The van der Waals surface area contributed by atoms with Crippen LogP contribution < -0.4 is 10.6 Å². The molecule has 0 radical (unpaired) electrons. The van der Waals surface area contributed by atoms with Gasteiger partial charge in [-0.3, -0.25) is 4.99 Å². The second kappa shape index (κ2) is 8.49. The lowest BCUT2D eigenvalue weighted by molar-refractivity contribution is 0.177. The summed E-state index contributed by atoms with van der Waals surface area (Å²) in [5.41, 5.74) is 1.23. The standard InChI is InChI=1S/C21H29FN6O/c1-3-23-20(24-14-21(10-11-21)15-4-6-16(22)7-5-15)25-17-8-9-19-26-18(13-29-2)27-28(19)12-17/h4-7,17H,3,8-14H2,1-2H3,(H2,23,24,25). The number of hydrogen-bond acceptors (Lipinski definition) is 4. The van der Waals surface area contributed by atoms with Crippen LogP contribution in [0.5, 0.6) is 0 Å². The number of benzene rings is 1. The van der Waals surface area contributed by atoms with E-state index < -0.39 is 0 Å². The van der Waals surface area contributed by atoms with Crippen LogP contribution in [0.3, 0.4) is 0 Å². The number of aryl methyl sites for hydroxylation is 1. The molecular formula is C21H29FN6O. The molecule has 1 aromatic carbocycles. The van der Waals surface area contributed by atoms with E-state index in [0.29, 0.717) is 13.2 Å². The summed E-state index contributed by atoms with van der Waals surface area (Å²) in [6, 6.07) is 7.11. The smallest absolute Gasteiger partial charge is 0.191 e. The molecule has 2 aromatic rings. The van der Waals surface area contributed by atoms with Gasteiger partial charge in [0, 0.05) is 31.5 Å². The number of nitrogens with one attached hydrogen (secondary N) is 2. The number of rotatable bonds is 7. The SMILES string of the molecule is CCNC(=NCC1(c2ccc(F)cc2)CC1)NC1CCc2nc(COC)nn2C1. The van der Waals surface area contributed by atoms with Crippen LogP contribution in [-0.4, -0.2) is 47.0 Å². The largest absolute Gasteiger partial charge is 0.377 e. The fourth-order valence-corrected chi connectivity index (χ4v) is 3.90. The molecule has 1 fully saturated rings. The first-order valence-electron chi connectivity index (χ1n) is 10.3. The van der Waals surface area contributed by atoms with Crippen molar-refractivity contribution in [3.05, 3.63) is 47.3 Å². The van der Waals surface area contributed by atoms with Gasteiger partial charge in [0.1, 0.15) is 18.2 Å². The van der Waals surface area contributed by atoms with Crippen molar-refractivity contribution in [1.82, 2.24) is 25.4 Å². The van der Waals surface area contributed by atoms with Crippen molar-refractivity contribution >= 4 is 5.96 Å². The van der Waals surface area contributed by atoms with Crippen LogP contribution in [0.2, 0.25) is 0 Å². The maximum Gasteiger partial charge on any atom is 0.191 e. The molecule has 1 atom stereocenters. The van der Waals surface area contributed by atoms with Crippen LogP contribution in [0.15, 0.2) is 29.3 Å². The van der Waals surface area contributed by atoms with Crippen molar-refractivity contribution in [3.63, 3.8) is 0 Å². The van der Waals surface area contributed by atoms with Crippen molar-refractivity contribution < 1.29 is 9.13 Å². The first kappa shape index (κ1) is 19.8. The summed E-state index contributed by atoms with van der Waals surface area (Å²) in [6.07, 6.45) is 4.05. The summed E-state index contributed by atoms with van der Waals surface area (Å²) in [5.74, 6) is 2.39. The normalized spacial score (nSPS) is 20.2. The Labute approximate surface area is 170 Å². The Morgan fingerprint density at radius 3 is 2.83 bits per heavy atom. The summed E-state index contributed by atoms with van der Waals surface area (Å²) >= 11 is 0. The molecule has 1 aromatic heterocycles. The average molecular weight is 401 g/mol. The highest BCUT2D eigenvalue weighted by Gasteiger charge is 2.44. The van der Waals surface area contributed by atoms with E-state index in [1.54, 1.807) is 7.11 Å². The van der Waals surface area contributed by atoms with E-state index in [9.17, 15) is 4.39 Å². The minimum Gasteiger partial charge on any atom is -0.377 e. The van der Waals surface area contributed by atoms with Gasteiger partial charge in [-0.15, -0.1) is 0 Å². The molecule has 8 heteroatoms. The molecular weight excluding hydrogens is 371 g/mol. The van der Waals surface area contributed by atoms with Gasteiger partial charge in [0.25, 0.3) is 0 Å². The van der Waals surface area contributed by atoms with Crippen LogP contribution in [0.1, 0.15) is 43.4 Å². The molecule has 2 N–H and O–H groups in total. The van der Waals surface area contributed by atoms with Crippen LogP contribution in [-0.2, 0) is 29.7 Å². The molecule has 156 valence electrons. The van der Waals surface area contributed by atoms with Crippen molar-refractivity contribution in [2.45, 2.75) is 57.2 Å². The number of hydrogen-bond donors (Lipinski definition) is 2. The summed E-state index contributed by atoms with van der Waals surface area (Å²) in [4.78, 5) is 9.40. The number of aromatic nitrogens is 3. The maximum absolute atomic E-state index is 13.3. The fourth-order valence-electron chi connectivity index (χ4n) is 3.90. The molecule has 2 heterocycles. The topological polar surface area (TPSA) is 76.4 Å². The molecule has 7 nitrogen and oxygen atoms in total. The molecule has 1 saturated carbocycles. The highest BCUT2D eigenvalue weighted by Crippen LogP contribution is 2.48. The van der Waals surface area contributed by atoms with Gasteiger partial charge in [0.15, 0.2) is 11.8 Å². The van der Waals surface area contributed by atoms with Gasteiger partial charge < -0.3 is 15.4 Å². The maximum atomic E-state index is 13.3. The second-order valence-electron chi connectivity index (χ2n) is 7.92. The van der Waals surface area contributed by atoms with Gasteiger partial charge in [-0.1, -0.05) is 12.1 Å². The number of nitrogens with zero attached hydrogens (tertiary/aromatic N) is 4. The third-order valence-electron chi connectivity index (χ3n) is 5.71. The third kappa shape index (κ3) is 4.58. The van der Waals surface area contributed by atoms with Gasteiger partial charge in [0.2, 0.25) is 0 Å². The Kier molecular flexibility index (Phi) is 5.80. The number of aliphatic imine (C=N–C) groups is 1. The summed E-state index contributed by atoms with van der Waals surface area (Å²) in [6.45, 7) is 4.77. The molecule has 0 bridgehead atoms. The zero-order valence-corrected chi connectivity index (χ0v) is 17.1. The van der Waals surface area contributed by atoms with Gasteiger partial charge in [-0.25, -0.2) is 14.1 Å². The minimum absolute atomic E-state index is 0.0523. The first-order valence-corrected chi connectivity index (χ1v) is 10.3. The number of guanidine groups is 1. The van der Waals surface area contributed by atoms with Crippen LogP contribution in [0.25, 0.3) is 0 Å². The Morgan fingerprint density at radius 1 is 1.34 bits per heavy atom. The molecule has 4 rings (SSSR count). The highest BCUT2D eigenvalue weighted by molar-refractivity contribution is 5.80. The van der Waals surface area contributed by atoms with E-state index in [4.69, 9.17) is 9.73 Å². The molecule has 0 saturated heterocycles. The third-order valence-corrected chi connectivity index (χ3v) is 5.71. The van der Waals surface area contributed by atoms with Crippen LogP contribution >= 0.6 is 0 Å². The van der Waals surface area contributed by atoms with Crippen molar-refractivity contribution in [1.29, 1.82) is 0 Å². The predicted octanol–water partition coefficient (Wildman–Crippen LogP) is 2.17. The highest BCUT2D eigenvalue weighted by atomic mass is 19.1. The van der Waals surface area contributed by atoms with E-state index in [-0.39, 0.29) is 17.3 Å². The zero-order chi connectivity index (χ0) is 20.3. The lowest BCUT2D eigenvalue weighted by Gasteiger charge is -2.25. The van der Waals surface area contributed by atoms with Crippen LogP contribution in [0.4, 0.5) is 4.39 Å². The van der Waals surface area contributed by atoms with Crippen molar-refractivity contribution in [3.8, 4) is 0 Å². The Balaban J connectivity index is 1.40. The molecule has 1 aliphatic heterocycles. The summed E-state index contributed by atoms with van der Waals surface area (Å²) < 4.78 is 20.4. The summed E-state index contributed by atoms with van der Waals surface area (Å²) in [5, 5.41) is 11.4. The minimum atomic E-state index is -0.193. The molecule has 1 unspecified atom stereocenters. The Bertz CT molecular complexity index is 859. The van der Waals surface area contributed by atoms with Crippen molar-refractivity contribution in [2.24, 2.45) is 4.99 Å². The average Bonchev–Trinajstić information content (AvgIpc) is 3.40. The van der Waals surface area contributed by atoms with E-state index in [1.807, 2.05) is 16.8 Å². The van der Waals surface area contributed by atoms with Gasteiger partial charge >= 0.3 is 0 Å². The monoisotopic (exact) mass is 400 g/mol. The van der Waals surface area contributed by atoms with Crippen molar-refractivity contribution in [2.75, 3.05) is 20.2 Å². The summed E-state index contributed by atoms with van der Waals surface area (Å²) in [7, 11) is 1.65. The van der Waals surface area contributed by atoms with Gasteiger partial charge in [0.05, 0.1) is 13.1 Å². The quantitative estimate of drug-likeness (QED) is 0.550. The van der Waals surface area contributed by atoms with Gasteiger partial charge in [-0.2, -0.15) is 5.10 Å². The molecule has 0 amide bonds. The van der Waals surface area contributed by atoms with Gasteiger partial charge in [-0.05, 0) is 43.9 Å². The first-order chi connectivity index (χ1) is 14.1. The second-order valence-corrected chi connectivity index (χ2v) is 7.92. The number of halogens is 1. The Hall–Kier alpha value is -2.48. The lowest BCUT2D eigenvalue weighted by Crippen LogP contribution is -2.47. The Morgan fingerprint density at radius 2 is 2.14 bits per heavy atom. The van der Waals surface area contributed by atoms with E-state index >= 15 is 0 Å². The number of ether oxygens (including phenoxy) is 1. The molecule has 29 heavy (non-hydrogen) atoms. The van der Waals surface area contributed by atoms with E-state index in [0.717, 1.165) is 56.4 Å². The molecule has 1 aliphatic carbocycles. The van der Waals surface area contributed by atoms with Crippen LogP contribution in [0, 0.1) is 5.82 Å². The fraction of sp³-hybridized carbons (Fsp3) is 0.571. The zero-order valence-electron chi connectivity index (χ0n) is 17.1. The molecule has 0 spiro atoms. The molecule has 2 aliphatic rings. The van der Waals surface area contributed by atoms with E-state index in [1.165, 1.54) is 17.7 Å². The lowest BCUT2D eigenvalue weighted by atomic mass is 9.96.